The summed E-state index contributed by atoms with van der Waals surface area (Å²) in [7, 11) is 0. The summed E-state index contributed by atoms with van der Waals surface area (Å²) in [5, 5.41) is 12.9. The van der Waals surface area contributed by atoms with Gasteiger partial charge in [-0.1, -0.05) is 6.42 Å². The highest BCUT2D eigenvalue weighted by atomic mass is 79.9. The van der Waals surface area contributed by atoms with Gasteiger partial charge in [0.1, 0.15) is 12.1 Å². The van der Waals surface area contributed by atoms with E-state index in [9.17, 15) is 5.11 Å². The first-order valence-corrected chi connectivity index (χ1v) is 6.42. The van der Waals surface area contributed by atoms with E-state index in [1.807, 2.05) is 0 Å². The molecule has 1 heterocycles. The summed E-state index contributed by atoms with van der Waals surface area (Å²) in [5.41, 5.74) is 0. The first-order chi connectivity index (χ1) is 7.75. The second kappa shape index (κ2) is 5.59. The fourth-order valence-corrected chi connectivity index (χ4v) is 2.49. The van der Waals surface area contributed by atoms with Gasteiger partial charge in [-0.3, -0.25) is 0 Å². The largest absolute Gasteiger partial charge is 0.393 e. The SMILES string of the molecule is OC1CCCC(CNc2ncncc2Br)C1. The van der Waals surface area contributed by atoms with E-state index in [4.69, 9.17) is 0 Å². The molecular weight excluding hydrogens is 270 g/mol. The summed E-state index contributed by atoms with van der Waals surface area (Å²) in [4.78, 5) is 8.06. The van der Waals surface area contributed by atoms with Crippen LogP contribution in [0.5, 0.6) is 0 Å². The van der Waals surface area contributed by atoms with Gasteiger partial charge in [-0.15, -0.1) is 0 Å². The van der Waals surface area contributed by atoms with Crippen molar-refractivity contribution in [2.24, 2.45) is 5.92 Å². The van der Waals surface area contributed by atoms with Crippen LogP contribution < -0.4 is 5.32 Å². The molecule has 2 N–H and O–H groups in total. The molecule has 1 aromatic rings. The Bertz CT molecular complexity index is 348. The predicted octanol–water partition coefficient (Wildman–Crippen LogP) is 2.20. The Labute approximate surface area is 104 Å². The lowest BCUT2D eigenvalue weighted by molar-refractivity contribution is 0.104. The van der Waals surface area contributed by atoms with E-state index in [-0.39, 0.29) is 6.10 Å². The number of anilines is 1. The molecule has 0 saturated heterocycles. The number of nitrogens with one attached hydrogen (secondary N) is 1. The zero-order valence-corrected chi connectivity index (χ0v) is 10.7. The van der Waals surface area contributed by atoms with Crippen molar-refractivity contribution in [3.05, 3.63) is 17.0 Å². The molecule has 88 valence electrons. The zero-order chi connectivity index (χ0) is 11.4. The summed E-state index contributed by atoms with van der Waals surface area (Å²) in [6.45, 7) is 0.868. The van der Waals surface area contributed by atoms with Crippen molar-refractivity contribution in [1.29, 1.82) is 0 Å². The number of aromatic nitrogens is 2. The highest BCUT2D eigenvalue weighted by Crippen LogP contribution is 2.25. The molecule has 0 amide bonds. The number of halogens is 1. The van der Waals surface area contributed by atoms with Gasteiger partial charge in [-0.25, -0.2) is 9.97 Å². The second-order valence-corrected chi connectivity index (χ2v) is 5.14. The van der Waals surface area contributed by atoms with E-state index in [2.05, 4.69) is 31.2 Å². The molecule has 0 aliphatic heterocycles. The standard InChI is InChI=1S/C11H16BrN3O/c12-10-6-13-7-15-11(10)14-5-8-2-1-3-9(16)4-8/h6-9,16H,1-5H2,(H,13,14,15). The summed E-state index contributed by atoms with van der Waals surface area (Å²) in [6, 6.07) is 0. The number of rotatable bonds is 3. The minimum absolute atomic E-state index is 0.116. The van der Waals surface area contributed by atoms with Crippen molar-refractivity contribution in [3.8, 4) is 0 Å². The lowest BCUT2D eigenvalue weighted by Gasteiger charge is -2.26. The van der Waals surface area contributed by atoms with Gasteiger partial charge in [0, 0.05) is 12.7 Å². The monoisotopic (exact) mass is 285 g/mol. The molecule has 5 heteroatoms. The van der Waals surface area contributed by atoms with Gasteiger partial charge >= 0.3 is 0 Å². The summed E-state index contributed by atoms with van der Waals surface area (Å²) in [6.07, 6.45) is 7.30. The molecule has 1 aliphatic rings. The van der Waals surface area contributed by atoms with Crippen molar-refractivity contribution in [2.75, 3.05) is 11.9 Å². The Morgan fingerprint density at radius 3 is 3.12 bits per heavy atom. The molecule has 2 rings (SSSR count). The molecule has 1 fully saturated rings. The maximum Gasteiger partial charge on any atom is 0.143 e. The van der Waals surface area contributed by atoms with Gasteiger partial charge in [0.05, 0.1) is 10.6 Å². The molecule has 0 radical (unpaired) electrons. The topological polar surface area (TPSA) is 58.0 Å². The number of hydrogen-bond acceptors (Lipinski definition) is 4. The van der Waals surface area contributed by atoms with Crippen LogP contribution in [0.1, 0.15) is 25.7 Å². The quantitative estimate of drug-likeness (QED) is 0.894. The third kappa shape index (κ3) is 3.15. The maximum absolute atomic E-state index is 9.57. The first-order valence-electron chi connectivity index (χ1n) is 5.63. The van der Waals surface area contributed by atoms with Gasteiger partial charge in [-0.05, 0) is 41.1 Å². The number of hydrogen-bond donors (Lipinski definition) is 2. The van der Waals surface area contributed by atoms with E-state index >= 15 is 0 Å². The van der Waals surface area contributed by atoms with Crippen molar-refractivity contribution < 1.29 is 5.11 Å². The maximum atomic E-state index is 9.57. The average Bonchev–Trinajstić information content (AvgIpc) is 2.28. The average molecular weight is 286 g/mol. The fourth-order valence-electron chi connectivity index (χ4n) is 2.13. The Kier molecular flexibility index (Phi) is 4.12. The van der Waals surface area contributed by atoms with Crippen LogP contribution >= 0.6 is 15.9 Å². The number of nitrogens with zero attached hydrogens (tertiary/aromatic N) is 2. The van der Waals surface area contributed by atoms with Crippen molar-refractivity contribution in [3.63, 3.8) is 0 Å². The zero-order valence-electron chi connectivity index (χ0n) is 9.06. The minimum Gasteiger partial charge on any atom is -0.393 e. The molecule has 1 aliphatic carbocycles. The van der Waals surface area contributed by atoms with Crippen molar-refractivity contribution >= 4 is 21.7 Å². The van der Waals surface area contributed by atoms with Crippen LogP contribution in [0.15, 0.2) is 17.0 Å². The number of aliphatic hydroxyl groups excluding tert-OH is 1. The lowest BCUT2D eigenvalue weighted by atomic mass is 9.87. The predicted molar refractivity (Wildman–Crippen MR) is 66.2 cm³/mol. The van der Waals surface area contributed by atoms with Crippen LogP contribution in [0.2, 0.25) is 0 Å². The van der Waals surface area contributed by atoms with Crippen LogP contribution in [0, 0.1) is 5.92 Å². The van der Waals surface area contributed by atoms with E-state index in [0.717, 1.165) is 36.1 Å². The summed E-state index contributed by atoms with van der Waals surface area (Å²) >= 11 is 3.40. The smallest absolute Gasteiger partial charge is 0.143 e. The third-order valence-corrected chi connectivity index (χ3v) is 3.56. The van der Waals surface area contributed by atoms with Crippen LogP contribution in [0.4, 0.5) is 5.82 Å². The van der Waals surface area contributed by atoms with Crippen molar-refractivity contribution in [2.45, 2.75) is 31.8 Å². The summed E-state index contributed by atoms with van der Waals surface area (Å²) in [5.74, 6) is 1.38. The second-order valence-electron chi connectivity index (χ2n) is 4.29. The molecule has 1 saturated carbocycles. The van der Waals surface area contributed by atoms with E-state index < -0.39 is 0 Å². The third-order valence-electron chi connectivity index (χ3n) is 2.98. The van der Waals surface area contributed by atoms with Crippen LogP contribution in [-0.4, -0.2) is 27.7 Å². The number of aliphatic hydroxyl groups is 1. The molecule has 2 unspecified atom stereocenters. The van der Waals surface area contributed by atoms with Gasteiger partial charge in [0.25, 0.3) is 0 Å². The van der Waals surface area contributed by atoms with Gasteiger partial charge in [-0.2, -0.15) is 0 Å². The normalized spacial score (nSPS) is 25.4. The molecule has 0 bridgehead atoms. The Balaban J connectivity index is 1.85. The minimum atomic E-state index is -0.116. The Hall–Kier alpha value is -0.680. The molecule has 4 nitrogen and oxygen atoms in total. The Morgan fingerprint density at radius 1 is 1.50 bits per heavy atom. The lowest BCUT2D eigenvalue weighted by Crippen LogP contribution is -2.25. The highest BCUT2D eigenvalue weighted by molar-refractivity contribution is 9.10. The molecule has 2 atom stereocenters. The molecule has 0 spiro atoms. The highest BCUT2D eigenvalue weighted by Gasteiger charge is 2.20. The fraction of sp³-hybridized carbons (Fsp3) is 0.636. The molecule has 0 aromatic carbocycles. The van der Waals surface area contributed by atoms with Crippen LogP contribution in [0.3, 0.4) is 0 Å². The van der Waals surface area contributed by atoms with Crippen LogP contribution in [0.25, 0.3) is 0 Å². The van der Waals surface area contributed by atoms with Gasteiger partial charge in [0.15, 0.2) is 0 Å². The molecular formula is C11H16BrN3O. The van der Waals surface area contributed by atoms with Gasteiger partial charge in [0.2, 0.25) is 0 Å². The van der Waals surface area contributed by atoms with E-state index in [0.29, 0.717) is 5.92 Å². The molecule has 1 aromatic heterocycles. The summed E-state index contributed by atoms with van der Waals surface area (Å²) < 4.78 is 0.881. The van der Waals surface area contributed by atoms with E-state index in [1.165, 1.54) is 12.7 Å². The Morgan fingerprint density at radius 2 is 2.38 bits per heavy atom. The van der Waals surface area contributed by atoms with Crippen molar-refractivity contribution in [1.82, 2.24) is 9.97 Å². The molecule has 16 heavy (non-hydrogen) atoms. The van der Waals surface area contributed by atoms with E-state index in [1.54, 1.807) is 6.20 Å². The first kappa shape index (κ1) is 11.8. The van der Waals surface area contributed by atoms with Crippen LogP contribution in [-0.2, 0) is 0 Å². The van der Waals surface area contributed by atoms with Gasteiger partial charge < -0.3 is 10.4 Å².